The van der Waals surface area contributed by atoms with Crippen molar-refractivity contribution in [1.29, 1.82) is 0 Å². The van der Waals surface area contributed by atoms with E-state index < -0.39 is 0 Å². The molecule has 3 aromatic carbocycles. The molecule has 0 spiro atoms. The van der Waals surface area contributed by atoms with Gasteiger partial charge in [-0.3, -0.25) is 0 Å². The van der Waals surface area contributed by atoms with Crippen LogP contribution in [-0.2, 0) is 0 Å². The lowest BCUT2D eigenvalue weighted by Gasteiger charge is -2.20. The number of halogens is 1. The summed E-state index contributed by atoms with van der Waals surface area (Å²) >= 11 is 3.80. The fourth-order valence-corrected chi connectivity index (χ4v) is 4.02. The van der Waals surface area contributed by atoms with Gasteiger partial charge in [-0.15, -0.1) is 5.73 Å². The van der Waals surface area contributed by atoms with Crippen LogP contribution >= 0.6 is 15.9 Å². The van der Waals surface area contributed by atoms with Crippen LogP contribution in [0.1, 0.15) is 11.1 Å². The molecule has 107 valence electrons. The predicted molar refractivity (Wildman–Crippen MR) is 100 cm³/mol. The maximum Gasteiger partial charge on any atom is 0.0341 e. The molecule has 1 heteroatoms. The topological polar surface area (TPSA) is 0 Å². The minimum atomic E-state index is 1.15. The minimum Gasteiger partial charge on any atom is -0.107 e. The zero-order chi connectivity index (χ0) is 15.4. The number of allylic oxidation sites excluding steroid dienone is 2. The van der Waals surface area contributed by atoms with Crippen molar-refractivity contribution in [2.75, 3.05) is 0 Å². The van der Waals surface area contributed by atoms with Crippen molar-refractivity contribution in [3.63, 3.8) is 0 Å². The van der Waals surface area contributed by atoms with E-state index in [0.29, 0.717) is 0 Å². The standard InChI is InChI=1S/C22H12Br/c23-22-20-8-4-3-7-16(20)11-19-12-17-9-14-5-1-2-6-15(14)10-18(17)13-21(19)22/h1-10,12-13H. The Kier molecular flexibility index (Phi) is 2.76. The van der Waals surface area contributed by atoms with Crippen molar-refractivity contribution in [2.24, 2.45) is 0 Å². The second-order valence-corrected chi connectivity index (χ2v) is 6.72. The first-order chi connectivity index (χ1) is 11.3. The molecular formula is C22H12Br. The molecule has 0 saturated heterocycles. The molecule has 5 rings (SSSR count). The zero-order valence-electron chi connectivity index (χ0n) is 12.3. The summed E-state index contributed by atoms with van der Waals surface area (Å²) in [5, 5.41) is 4.91. The van der Waals surface area contributed by atoms with Crippen molar-refractivity contribution in [3.8, 4) is 0 Å². The number of rotatable bonds is 0. The van der Waals surface area contributed by atoms with Crippen molar-refractivity contribution in [1.82, 2.24) is 0 Å². The lowest BCUT2D eigenvalue weighted by molar-refractivity contribution is 1.37. The van der Waals surface area contributed by atoms with Gasteiger partial charge in [-0.1, -0.05) is 42.5 Å². The molecule has 0 aliphatic heterocycles. The normalized spacial score (nSPS) is 15.1. The van der Waals surface area contributed by atoms with Crippen LogP contribution in [0.2, 0.25) is 0 Å². The third-order valence-corrected chi connectivity index (χ3v) is 5.36. The van der Waals surface area contributed by atoms with E-state index in [2.05, 4.69) is 94.8 Å². The van der Waals surface area contributed by atoms with Crippen LogP contribution in [0.5, 0.6) is 0 Å². The van der Waals surface area contributed by atoms with Crippen LogP contribution in [-0.4, -0.2) is 0 Å². The van der Waals surface area contributed by atoms with Crippen LogP contribution in [0, 0.1) is 6.42 Å². The van der Waals surface area contributed by atoms with Gasteiger partial charge in [-0.25, -0.2) is 0 Å². The minimum absolute atomic E-state index is 1.15. The van der Waals surface area contributed by atoms with Gasteiger partial charge < -0.3 is 0 Å². The van der Waals surface area contributed by atoms with E-state index >= 15 is 0 Å². The summed E-state index contributed by atoms with van der Waals surface area (Å²) in [6, 6.07) is 21.4. The summed E-state index contributed by atoms with van der Waals surface area (Å²) in [6.45, 7) is 0. The van der Waals surface area contributed by atoms with Gasteiger partial charge in [-0.05, 0) is 62.1 Å². The highest BCUT2D eigenvalue weighted by Crippen LogP contribution is 2.37. The quantitative estimate of drug-likeness (QED) is 0.563. The fourth-order valence-electron chi connectivity index (χ4n) is 3.35. The molecule has 0 amide bonds. The maximum atomic E-state index is 3.80. The van der Waals surface area contributed by atoms with Gasteiger partial charge >= 0.3 is 0 Å². The van der Waals surface area contributed by atoms with E-state index in [1.807, 2.05) is 0 Å². The summed E-state index contributed by atoms with van der Waals surface area (Å²) in [4.78, 5) is 0. The highest BCUT2D eigenvalue weighted by atomic mass is 79.9. The van der Waals surface area contributed by atoms with Gasteiger partial charge in [-0.2, -0.15) is 0 Å². The smallest absolute Gasteiger partial charge is 0.0341 e. The van der Waals surface area contributed by atoms with Gasteiger partial charge in [0.2, 0.25) is 0 Å². The van der Waals surface area contributed by atoms with Crippen molar-refractivity contribution in [2.45, 2.75) is 0 Å². The van der Waals surface area contributed by atoms with Crippen LogP contribution in [0.25, 0.3) is 27.1 Å². The van der Waals surface area contributed by atoms with E-state index in [1.54, 1.807) is 0 Å². The van der Waals surface area contributed by atoms with Crippen LogP contribution in [0.4, 0.5) is 0 Å². The lowest BCUT2D eigenvalue weighted by atomic mass is 9.85. The SMILES string of the molecule is BrC1=c2ccccc2=C=C2[CH]c3cc4ccccc4cc3C=C21. The summed E-state index contributed by atoms with van der Waals surface area (Å²) < 4.78 is 1.15. The first-order valence-corrected chi connectivity index (χ1v) is 8.45. The molecule has 0 aromatic heterocycles. The Labute approximate surface area is 142 Å². The molecule has 2 aliphatic carbocycles. The van der Waals surface area contributed by atoms with Crippen molar-refractivity contribution >= 4 is 43.0 Å². The Morgan fingerprint density at radius 3 is 2.30 bits per heavy atom. The summed E-state index contributed by atoms with van der Waals surface area (Å²) in [5.74, 6) is 0. The first-order valence-electron chi connectivity index (χ1n) is 7.65. The monoisotopic (exact) mass is 355 g/mol. The Bertz CT molecular complexity index is 1170. The Hall–Kier alpha value is -2.34. The Balaban J connectivity index is 1.84. The Morgan fingerprint density at radius 2 is 1.48 bits per heavy atom. The molecule has 0 N–H and O–H groups in total. The van der Waals surface area contributed by atoms with Crippen LogP contribution in [0.3, 0.4) is 0 Å². The highest BCUT2D eigenvalue weighted by molar-refractivity contribution is 9.15. The molecule has 23 heavy (non-hydrogen) atoms. The molecule has 0 fully saturated rings. The summed E-state index contributed by atoms with van der Waals surface area (Å²) in [6.07, 6.45) is 4.51. The van der Waals surface area contributed by atoms with Gasteiger partial charge in [0, 0.05) is 32.5 Å². The molecule has 0 heterocycles. The van der Waals surface area contributed by atoms with E-state index in [-0.39, 0.29) is 0 Å². The van der Waals surface area contributed by atoms with Gasteiger partial charge in [0.05, 0.1) is 0 Å². The average molecular weight is 356 g/mol. The number of fused-ring (bicyclic) bond motifs is 4. The molecule has 0 bridgehead atoms. The molecule has 0 nitrogen and oxygen atoms in total. The third-order valence-electron chi connectivity index (χ3n) is 4.51. The largest absolute Gasteiger partial charge is 0.107 e. The second kappa shape index (κ2) is 4.83. The van der Waals surface area contributed by atoms with Crippen LogP contribution < -0.4 is 10.4 Å². The zero-order valence-corrected chi connectivity index (χ0v) is 13.9. The molecule has 0 unspecified atom stereocenters. The average Bonchev–Trinajstić information content (AvgIpc) is 2.59. The number of hydrogen-bond acceptors (Lipinski definition) is 0. The van der Waals surface area contributed by atoms with E-state index in [4.69, 9.17) is 0 Å². The molecule has 0 atom stereocenters. The van der Waals surface area contributed by atoms with E-state index in [0.717, 1.165) is 15.3 Å². The van der Waals surface area contributed by atoms with Crippen LogP contribution in [0.15, 0.2) is 71.8 Å². The van der Waals surface area contributed by atoms with Gasteiger partial charge in [0.25, 0.3) is 0 Å². The highest BCUT2D eigenvalue weighted by Gasteiger charge is 2.20. The first kappa shape index (κ1) is 13.1. The lowest BCUT2D eigenvalue weighted by Crippen LogP contribution is -2.28. The summed E-state index contributed by atoms with van der Waals surface area (Å²) in [7, 11) is 0. The van der Waals surface area contributed by atoms with Crippen molar-refractivity contribution in [3.05, 3.63) is 99.8 Å². The molecule has 3 aromatic rings. The van der Waals surface area contributed by atoms with E-state index in [9.17, 15) is 0 Å². The van der Waals surface area contributed by atoms with Gasteiger partial charge in [0.15, 0.2) is 0 Å². The summed E-state index contributed by atoms with van der Waals surface area (Å²) in [5.41, 5.74) is 8.45. The second-order valence-electron chi connectivity index (χ2n) is 5.93. The molecule has 2 aliphatic rings. The number of hydrogen-bond donors (Lipinski definition) is 0. The molecule has 0 saturated carbocycles. The third kappa shape index (κ3) is 1.98. The maximum absolute atomic E-state index is 3.80. The molecule has 1 radical (unpaired) electrons. The van der Waals surface area contributed by atoms with Gasteiger partial charge in [0.1, 0.15) is 0 Å². The predicted octanol–water partition coefficient (Wildman–Crippen LogP) is 4.31. The number of benzene rings is 3. The van der Waals surface area contributed by atoms with Crippen molar-refractivity contribution < 1.29 is 0 Å². The fraction of sp³-hybridized carbons (Fsp3) is 0. The van der Waals surface area contributed by atoms with E-state index in [1.165, 1.54) is 32.7 Å². The molecular weight excluding hydrogens is 344 g/mol. The Morgan fingerprint density at radius 1 is 0.783 bits per heavy atom.